The Morgan fingerprint density at radius 3 is 2.56 bits per heavy atom. The number of hydrogen-bond acceptors (Lipinski definition) is 1. The Labute approximate surface area is 114 Å². The van der Waals surface area contributed by atoms with Crippen LogP contribution in [-0.2, 0) is 0 Å². The van der Waals surface area contributed by atoms with E-state index >= 15 is 0 Å². The normalized spacial score (nSPS) is 32.3. The Balaban J connectivity index is 1.63. The molecule has 2 rings (SSSR count). The zero-order chi connectivity index (χ0) is 13.0. The van der Waals surface area contributed by atoms with Crippen LogP contribution in [0.15, 0.2) is 0 Å². The molecule has 2 aliphatic rings. The SMILES string of the molecule is CCCNC(CCCC1CC2CCC1C2)C(C)C. The molecule has 0 radical (unpaired) electrons. The van der Waals surface area contributed by atoms with Crippen molar-refractivity contribution in [3.8, 4) is 0 Å². The van der Waals surface area contributed by atoms with Crippen molar-refractivity contribution >= 4 is 0 Å². The number of hydrogen-bond donors (Lipinski definition) is 1. The molecule has 0 aromatic carbocycles. The summed E-state index contributed by atoms with van der Waals surface area (Å²) in [5.41, 5.74) is 0. The molecule has 0 aliphatic heterocycles. The first-order valence-electron chi connectivity index (χ1n) is 8.44. The first-order chi connectivity index (χ1) is 8.70. The van der Waals surface area contributed by atoms with Gasteiger partial charge in [0.15, 0.2) is 0 Å². The van der Waals surface area contributed by atoms with E-state index in [0.717, 1.165) is 29.7 Å². The van der Waals surface area contributed by atoms with Crippen molar-refractivity contribution in [1.82, 2.24) is 5.32 Å². The topological polar surface area (TPSA) is 12.0 Å². The molecule has 0 aromatic heterocycles. The highest BCUT2D eigenvalue weighted by molar-refractivity contribution is 4.89. The quantitative estimate of drug-likeness (QED) is 0.664. The monoisotopic (exact) mass is 251 g/mol. The van der Waals surface area contributed by atoms with Gasteiger partial charge in [-0.25, -0.2) is 0 Å². The second kappa shape index (κ2) is 6.93. The van der Waals surface area contributed by atoms with Crippen molar-refractivity contribution in [2.24, 2.45) is 23.7 Å². The predicted octanol–water partition coefficient (Wildman–Crippen LogP) is 4.62. The van der Waals surface area contributed by atoms with E-state index in [1.54, 1.807) is 25.7 Å². The molecule has 2 aliphatic carbocycles. The molecule has 2 saturated carbocycles. The molecule has 0 saturated heterocycles. The molecule has 1 heteroatoms. The van der Waals surface area contributed by atoms with Crippen LogP contribution >= 0.6 is 0 Å². The molecule has 2 bridgehead atoms. The van der Waals surface area contributed by atoms with Crippen LogP contribution in [0.5, 0.6) is 0 Å². The number of fused-ring (bicyclic) bond motifs is 2. The standard InChI is InChI=1S/C17H33N/c1-4-10-18-17(13(2)3)7-5-6-15-11-14-8-9-16(15)12-14/h13-18H,4-12H2,1-3H3. The van der Waals surface area contributed by atoms with Crippen LogP contribution in [-0.4, -0.2) is 12.6 Å². The van der Waals surface area contributed by atoms with E-state index in [1.807, 2.05) is 0 Å². The van der Waals surface area contributed by atoms with E-state index in [9.17, 15) is 0 Å². The minimum Gasteiger partial charge on any atom is -0.314 e. The first kappa shape index (κ1) is 14.4. The lowest BCUT2D eigenvalue weighted by Gasteiger charge is -2.25. The van der Waals surface area contributed by atoms with Crippen LogP contribution < -0.4 is 5.32 Å². The van der Waals surface area contributed by atoms with Crippen LogP contribution in [0.4, 0.5) is 0 Å². The zero-order valence-corrected chi connectivity index (χ0v) is 12.8. The highest BCUT2D eigenvalue weighted by Crippen LogP contribution is 2.50. The molecule has 4 atom stereocenters. The van der Waals surface area contributed by atoms with Gasteiger partial charge in [-0.1, -0.05) is 40.0 Å². The average Bonchev–Trinajstić information content (AvgIpc) is 2.95. The molecule has 106 valence electrons. The van der Waals surface area contributed by atoms with Gasteiger partial charge in [-0.3, -0.25) is 0 Å². The third kappa shape index (κ3) is 3.73. The Morgan fingerprint density at radius 1 is 1.17 bits per heavy atom. The molecule has 2 fully saturated rings. The molecular formula is C17H33N. The summed E-state index contributed by atoms with van der Waals surface area (Å²) in [6.45, 7) is 8.19. The molecule has 1 N–H and O–H groups in total. The summed E-state index contributed by atoms with van der Waals surface area (Å²) >= 11 is 0. The fraction of sp³-hybridized carbons (Fsp3) is 1.00. The molecule has 0 spiro atoms. The Morgan fingerprint density at radius 2 is 2.00 bits per heavy atom. The summed E-state index contributed by atoms with van der Waals surface area (Å²) in [5.74, 6) is 4.13. The lowest BCUT2D eigenvalue weighted by molar-refractivity contribution is 0.288. The fourth-order valence-electron chi connectivity index (χ4n) is 4.33. The largest absolute Gasteiger partial charge is 0.314 e. The van der Waals surface area contributed by atoms with Crippen LogP contribution in [0.2, 0.25) is 0 Å². The molecule has 0 heterocycles. The van der Waals surface area contributed by atoms with E-state index in [0.29, 0.717) is 0 Å². The number of rotatable bonds is 8. The molecule has 18 heavy (non-hydrogen) atoms. The second-order valence-corrected chi connectivity index (χ2v) is 7.17. The fourth-order valence-corrected chi connectivity index (χ4v) is 4.33. The van der Waals surface area contributed by atoms with Gasteiger partial charge in [0.2, 0.25) is 0 Å². The molecule has 0 amide bonds. The molecule has 1 nitrogen and oxygen atoms in total. The van der Waals surface area contributed by atoms with E-state index in [2.05, 4.69) is 26.1 Å². The summed E-state index contributed by atoms with van der Waals surface area (Å²) in [4.78, 5) is 0. The van der Waals surface area contributed by atoms with Gasteiger partial charge in [0, 0.05) is 6.04 Å². The van der Waals surface area contributed by atoms with Gasteiger partial charge in [0.05, 0.1) is 0 Å². The van der Waals surface area contributed by atoms with Gasteiger partial charge in [-0.2, -0.15) is 0 Å². The minimum absolute atomic E-state index is 0.753. The highest BCUT2D eigenvalue weighted by atomic mass is 14.9. The Bertz CT molecular complexity index is 236. The zero-order valence-electron chi connectivity index (χ0n) is 12.8. The maximum absolute atomic E-state index is 3.73. The predicted molar refractivity (Wildman–Crippen MR) is 79.7 cm³/mol. The summed E-state index contributed by atoms with van der Waals surface area (Å²) in [5, 5.41) is 3.73. The van der Waals surface area contributed by atoms with Crippen molar-refractivity contribution in [2.75, 3.05) is 6.54 Å². The van der Waals surface area contributed by atoms with Crippen LogP contribution in [0.1, 0.15) is 72.1 Å². The lowest BCUT2D eigenvalue weighted by atomic mass is 9.84. The maximum Gasteiger partial charge on any atom is 0.00900 e. The highest BCUT2D eigenvalue weighted by Gasteiger charge is 2.38. The van der Waals surface area contributed by atoms with Gasteiger partial charge < -0.3 is 5.32 Å². The summed E-state index contributed by atoms with van der Waals surface area (Å²) in [6, 6.07) is 0.753. The third-order valence-corrected chi connectivity index (χ3v) is 5.44. The average molecular weight is 251 g/mol. The molecule has 0 aromatic rings. The first-order valence-corrected chi connectivity index (χ1v) is 8.44. The van der Waals surface area contributed by atoms with E-state index < -0.39 is 0 Å². The van der Waals surface area contributed by atoms with Crippen molar-refractivity contribution in [2.45, 2.75) is 78.2 Å². The van der Waals surface area contributed by atoms with Crippen LogP contribution in [0.3, 0.4) is 0 Å². The summed E-state index contributed by atoms with van der Waals surface area (Å²) in [7, 11) is 0. The van der Waals surface area contributed by atoms with Crippen molar-refractivity contribution in [1.29, 1.82) is 0 Å². The Kier molecular flexibility index (Phi) is 5.54. The smallest absolute Gasteiger partial charge is 0.00900 e. The molecule has 4 unspecified atom stereocenters. The molecular weight excluding hydrogens is 218 g/mol. The summed E-state index contributed by atoms with van der Waals surface area (Å²) in [6.07, 6.45) is 11.9. The van der Waals surface area contributed by atoms with Gasteiger partial charge in [-0.15, -0.1) is 0 Å². The van der Waals surface area contributed by atoms with Crippen molar-refractivity contribution < 1.29 is 0 Å². The van der Waals surface area contributed by atoms with Crippen LogP contribution in [0.25, 0.3) is 0 Å². The maximum atomic E-state index is 3.73. The van der Waals surface area contributed by atoms with Gasteiger partial charge >= 0.3 is 0 Å². The minimum atomic E-state index is 0.753. The van der Waals surface area contributed by atoms with Gasteiger partial charge in [-0.05, 0) is 62.3 Å². The summed E-state index contributed by atoms with van der Waals surface area (Å²) < 4.78 is 0. The van der Waals surface area contributed by atoms with E-state index in [-0.39, 0.29) is 0 Å². The second-order valence-electron chi connectivity index (χ2n) is 7.17. The number of nitrogens with one attached hydrogen (secondary N) is 1. The Hall–Kier alpha value is -0.0400. The van der Waals surface area contributed by atoms with Gasteiger partial charge in [0.1, 0.15) is 0 Å². The van der Waals surface area contributed by atoms with Gasteiger partial charge in [0.25, 0.3) is 0 Å². The van der Waals surface area contributed by atoms with Crippen molar-refractivity contribution in [3.05, 3.63) is 0 Å². The van der Waals surface area contributed by atoms with Crippen LogP contribution in [0, 0.1) is 23.7 Å². The van der Waals surface area contributed by atoms with E-state index in [1.165, 1.54) is 32.2 Å². The van der Waals surface area contributed by atoms with E-state index in [4.69, 9.17) is 0 Å². The lowest BCUT2D eigenvalue weighted by Crippen LogP contribution is -2.34. The van der Waals surface area contributed by atoms with Crippen molar-refractivity contribution in [3.63, 3.8) is 0 Å². The third-order valence-electron chi connectivity index (χ3n) is 5.44.